The lowest BCUT2D eigenvalue weighted by molar-refractivity contribution is 0.220. The summed E-state index contributed by atoms with van der Waals surface area (Å²) in [5.74, 6) is -0.574. The van der Waals surface area contributed by atoms with Gasteiger partial charge in [0.2, 0.25) is 0 Å². The second-order valence-corrected chi connectivity index (χ2v) is 11.2. The molecule has 0 aliphatic carbocycles. The highest BCUT2D eigenvalue weighted by atomic mass is 79.9. The van der Waals surface area contributed by atoms with Crippen LogP contribution in [0.5, 0.6) is 0 Å². The molecule has 2 N–H and O–H groups in total. The predicted octanol–water partition coefficient (Wildman–Crippen LogP) is 7.35. The Morgan fingerprint density at radius 2 is 1.70 bits per heavy atom. The highest BCUT2D eigenvalue weighted by Gasteiger charge is 2.26. The SMILES string of the molecule is Cc1ccc(S(=O)(=O)Nc2cc3c(Br)cccc3c(Br)c2C(O)c2cc(F)ccc2Cl)cc1. The zero-order chi connectivity index (χ0) is 23.9. The Bertz CT molecular complexity index is 1480. The largest absolute Gasteiger partial charge is 0.383 e. The third-order valence-corrected chi connectivity index (χ3v) is 8.48. The maximum atomic E-state index is 14.0. The minimum absolute atomic E-state index is 0.0701. The van der Waals surface area contributed by atoms with Gasteiger partial charge in [-0.2, -0.15) is 0 Å². The lowest BCUT2D eigenvalue weighted by atomic mass is 9.96. The fourth-order valence-electron chi connectivity index (χ4n) is 3.51. The van der Waals surface area contributed by atoms with Crippen molar-refractivity contribution in [3.8, 4) is 0 Å². The first-order valence-corrected chi connectivity index (χ1v) is 13.2. The highest BCUT2D eigenvalue weighted by molar-refractivity contribution is 9.11. The van der Waals surface area contributed by atoms with E-state index in [-0.39, 0.29) is 26.7 Å². The maximum Gasteiger partial charge on any atom is 0.261 e. The normalized spacial score (nSPS) is 12.7. The van der Waals surface area contributed by atoms with Gasteiger partial charge in [0.25, 0.3) is 10.0 Å². The van der Waals surface area contributed by atoms with Crippen molar-refractivity contribution < 1.29 is 17.9 Å². The summed E-state index contributed by atoms with van der Waals surface area (Å²) in [5.41, 5.74) is 1.38. The molecule has 0 heterocycles. The molecule has 33 heavy (non-hydrogen) atoms. The molecular formula is C24H17Br2ClFNO3S. The average molecular weight is 614 g/mol. The van der Waals surface area contributed by atoms with Crippen molar-refractivity contribution in [3.05, 3.63) is 103 Å². The monoisotopic (exact) mass is 611 g/mol. The summed E-state index contributed by atoms with van der Waals surface area (Å²) in [5, 5.41) is 12.9. The zero-order valence-corrected chi connectivity index (χ0v) is 21.9. The van der Waals surface area contributed by atoms with Gasteiger partial charge in [0.05, 0.1) is 10.6 Å². The van der Waals surface area contributed by atoms with E-state index in [1.54, 1.807) is 18.2 Å². The first kappa shape index (κ1) is 24.2. The molecule has 170 valence electrons. The molecule has 0 fully saturated rings. The van der Waals surface area contributed by atoms with Gasteiger partial charge in [-0.3, -0.25) is 4.72 Å². The number of aliphatic hydroxyl groups is 1. The molecule has 0 amide bonds. The molecule has 4 aromatic carbocycles. The van der Waals surface area contributed by atoms with Crippen molar-refractivity contribution in [2.75, 3.05) is 4.72 Å². The summed E-state index contributed by atoms with van der Waals surface area (Å²) in [6.45, 7) is 1.86. The van der Waals surface area contributed by atoms with Crippen LogP contribution in [-0.4, -0.2) is 13.5 Å². The number of rotatable bonds is 5. The van der Waals surface area contributed by atoms with Crippen LogP contribution in [0.25, 0.3) is 10.8 Å². The molecule has 0 bridgehead atoms. The molecule has 0 spiro atoms. The summed E-state index contributed by atoms with van der Waals surface area (Å²) >= 11 is 13.3. The van der Waals surface area contributed by atoms with Crippen LogP contribution in [0.3, 0.4) is 0 Å². The van der Waals surface area contributed by atoms with Crippen molar-refractivity contribution in [1.29, 1.82) is 0 Å². The molecule has 0 aliphatic rings. The molecule has 0 radical (unpaired) electrons. The van der Waals surface area contributed by atoms with Gasteiger partial charge in [0, 0.05) is 25.1 Å². The quantitative estimate of drug-likeness (QED) is 0.247. The zero-order valence-electron chi connectivity index (χ0n) is 17.1. The third-order valence-electron chi connectivity index (χ3n) is 5.21. The van der Waals surface area contributed by atoms with E-state index in [0.29, 0.717) is 9.86 Å². The molecule has 4 rings (SSSR count). The topological polar surface area (TPSA) is 66.4 Å². The molecule has 4 aromatic rings. The van der Waals surface area contributed by atoms with E-state index in [9.17, 15) is 17.9 Å². The van der Waals surface area contributed by atoms with Gasteiger partial charge < -0.3 is 5.11 Å². The number of hydrogen-bond donors (Lipinski definition) is 2. The number of sulfonamides is 1. The number of anilines is 1. The summed E-state index contributed by atoms with van der Waals surface area (Å²) in [4.78, 5) is 0.0701. The fourth-order valence-corrected chi connectivity index (χ4v) is 6.06. The number of nitrogens with one attached hydrogen (secondary N) is 1. The van der Waals surface area contributed by atoms with Crippen LogP contribution < -0.4 is 4.72 Å². The Labute approximate surface area is 212 Å². The molecule has 1 unspecified atom stereocenters. The number of hydrogen-bond acceptors (Lipinski definition) is 3. The number of halogens is 4. The first-order chi connectivity index (χ1) is 15.6. The van der Waals surface area contributed by atoms with Crippen molar-refractivity contribution in [1.82, 2.24) is 0 Å². The Kier molecular flexibility index (Phi) is 6.85. The number of aliphatic hydroxyl groups excluding tert-OH is 1. The van der Waals surface area contributed by atoms with Gasteiger partial charge in [-0.05, 0) is 76.1 Å². The Morgan fingerprint density at radius 1 is 1.00 bits per heavy atom. The van der Waals surface area contributed by atoms with Crippen molar-refractivity contribution >= 4 is 69.9 Å². The highest BCUT2D eigenvalue weighted by Crippen LogP contribution is 2.43. The molecule has 1 atom stereocenters. The number of fused-ring (bicyclic) bond motifs is 1. The van der Waals surface area contributed by atoms with Gasteiger partial charge in [-0.15, -0.1) is 0 Å². The smallest absolute Gasteiger partial charge is 0.261 e. The summed E-state index contributed by atoms with van der Waals surface area (Å²) < 4.78 is 44.1. The van der Waals surface area contributed by atoms with E-state index in [1.807, 2.05) is 25.1 Å². The second-order valence-electron chi connectivity index (χ2n) is 7.47. The van der Waals surface area contributed by atoms with E-state index in [0.717, 1.165) is 21.5 Å². The Hall–Kier alpha value is -1.97. The minimum Gasteiger partial charge on any atom is -0.383 e. The predicted molar refractivity (Wildman–Crippen MR) is 137 cm³/mol. The second kappa shape index (κ2) is 9.35. The van der Waals surface area contributed by atoms with E-state index >= 15 is 0 Å². The molecule has 9 heteroatoms. The van der Waals surface area contributed by atoms with E-state index < -0.39 is 21.9 Å². The lowest BCUT2D eigenvalue weighted by Gasteiger charge is -2.22. The standard InChI is InChI=1S/C24H17Br2ClFNO3S/c1-13-5-8-15(9-6-13)33(31,32)29-21-12-17-16(3-2-4-19(17)25)23(26)22(21)24(30)18-11-14(28)7-10-20(18)27/h2-12,24,29-30H,1H3. The molecule has 0 aliphatic heterocycles. The van der Waals surface area contributed by atoms with Crippen molar-refractivity contribution in [2.24, 2.45) is 0 Å². The van der Waals surface area contributed by atoms with Crippen LogP contribution >= 0.6 is 43.5 Å². The van der Waals surface area contributed by atoms with Crippen molar-refractivity contribution in [2.45, 2.75) is 17.9 Å². The molecular weight excluding hydrogens is 597 g/mol. The fraction of sp³-hybridized carbons (Fsp3) is 0.0833. The van der Waals surface area contributed by atoms with Gasteiger partial charge in [-0.25, -0.2) is 12.8 Å². The average Bonchev–Trinajstić information content (AvgIpc) is 2.76. The van der Waals surface area contributed by atoms with Crippen LogP contribution in [0, 0.1) is 12.7 Å². The van der Waals surface area contributed by atoms with Gasteiger partial charge in [0.15, 0.2) is 0 Å². The molecule has 0 saturated carbocycles. The molecule has 4 nitrogen and oxygen atoms in total. The van der Waals surface area contributed by atoms with Crippen LogP contribution in [-0.2, 0) is 10.0 Å². The van der Waals surface area contributed by atoms with Gasteiger partial charge in [-0.1, -0.05) is 57.4 Å². The Morgan fingerprint density at radius 3 is 2.39 bits per heavy atom. The minimum atomic E-state index is -3.99. The van der Waals surface area contributed by atoms with Gasteiger partial charge in [0.1, 0.15) is 11.9 Å². The lowest BCUT2D eigenvalue weighted by Crippen LogP contribution is -2.16. The number of benzene rings is 4. The maximum absolute atomic E-state index is 14.0. The number of aryl methyl sites for hydroxylation is 1. The summed E-state index contributed by atoms with van der Waals surface area (Å²) in [6.07, 6.45) is -1.42. The van der Waals surface area contributed by atoms with Crippen LogP contribution in [0.4, 0.5) is 10.1 Å². The molecule has 0 aromatic heterocycles. The van der Waals surface area contributed by atoms with Crippen LogP contribution in [0.2, 0.25) is 5.02 Å². The van der Waals surface area contributed by atoms with E-state index in [1.165, 1.54) is 24.3 Å². The van der Waals surface area contributed by atoms with Crippen molar-refractivity contribution in [3.63, 3.8) is 0 Å². The van der Waals surface area contributed by atoms with E-state index in [2.05, 4.69) is 36.6 Å². The van der Waals surface area contributed by atoms with Crippen LogP contribution in [0.1, 0.15) is 22.8 Å². The Balaban J connectivity index is 1.95. The summed E-state index contributed by atoms with van der Waals surface area (Å²) in [7, 11) is -3.99. The third kappa shape index (κ3) is 4.81. The van der Waals surface area contributed by atoms with Crippen LogP contribution in [0.15, 0.2) is 80.6 Å². The van der Waals surface area contributed by atoms with Gasteiger partial charge >= 0.3 is 0 Å². The first-order valence-electron chi connectivity index (χ1n) is 9.71. The molecule has 0 saturated heterocycles. The van der Waals surface area contributed by atoms with E-state index in [4.69, 9.17) is 11.6 Å². The summed E-state index contributed by atoms with van der Waals surface area (Å²) in [6, 6.07) is 17.2.